The Bertz CT molecular complexity index is 1680. The highest BCUT2D eigenvalue weighted by atomic mass is 31.2. The molecule has 0 heterocycles. The fourth-order valence-electron chi connectivity index (χ4n) is 18.6. The van der Waals surface area contributed by atoms with Gasteiger partial charge >= 0.3 is 13.6 Å². The van der Waals surface area contributed by atoms with Crippen LogP contribution < -0.4 is 0 Å². The van der Waals surface area contributed by atoms with E-state index in [2.05, 4.69) is 81.4 Å². The lowest BCUT2D eigenvalue weighted by molar-refractivity contribution is -0.137. The van der Waals surface area contributed by atoms with Crippen LogP contribution in [0.25, 0.3) is 0 Å². The van der Waals surface area contributed by atoms with E-state index in [1.54, 1.807) is 11.9 Å². The Hall–Kier alpha value is -0.940. The van der Waals surface area contributed by atoms with Crippen LogP contribution in [0, 0.1) is 92.7 Å². The van der Waals surface area contributed by atoms with E-state index in [4.69, 9.17) is 9.05 Å². The van der Waals surface area contributed by atoms with Gasteiger partial charge in [0.25, 0.3) is 0 Å². The van der Waals surface area contributed by atoms with Gasteiger partial charge in [0.1, 0.15) is 6.29 Å². The Kier molecular flexibility index (Phi) is 15.3. The van der Waals surface area contributed by atoms with E-state index in [0.717, 1.165) is 110 Å². The normalized spacial score (nSPS) is 43.0. The van der Waals surface area contributed by atoms with Crippen molar-refractivity contribution in [3.63, 3.8) is 0 Å². The molecule has 65 heavy (non-hydrogen) atoms. The first-order valence-electron chi connectivity index (χ1n) is 27.9. The standard InChI is InChI=1S/C58H98NO5P/c1-38(2)14-12-16-40(5)48-22-24-50-46-20-18-42-34-44(26-30-55(42,7)52(46)28-32-57(48,50)9)63-65(62,37-59(11)36-54(60)61)64-45-27-31-56(8)43(35-45)19-21-47-51-25-23-49(41(6)17-13-15-39(3)4)58(51,10)33-29-53(47)56/h18-19,38-41,44-53H,12-17,20-37H2,1-11H3,(H,60,61)/t40?,41?,44-,45-,46-,47-,48+,49+,50-,51-,52-,53-,55-,56-,57+,58+,65?/m0/s1. The Morgan fingerprint density at radius 3 is 1.48 bits per heavy atom. The summed E-state index contributed by atoms with van der Waals surface area (Å²) in [5, 5.41) is 9.73. The minimum absolute atomic E-state index is 0.0168. The number of allylic oxidation sites excluding steroid dienone is 2. The van der Waals surface area contributed by atoms with Crippen molar-refractivity contribution in [3.05, 3.63) is 23.3 Å². The van der Waals surface area contributed by atoms with Gasteiger partial charge in [-0.15, -0.1) is 0 Å². The fraction of sp³-hybridized carbons (Fsp3) is 0.914. The Morgan fingerprint density at radius 2 is 1.08 bits per heavy atom. The summed E-state index contributed by atoms with van der Waals surface area (Å²) in [5.41, 5.74) is 4.37. The number of fused-ring (bicyclic) bond motifs is 10. The molecule has 0 aromatic heterocycles. The van der Waals surface area contributed by atoms with Crippen LogP contribution in [-0.4, -0.2) is 48.1 Å². The smallest absolute Gasteiger partial charge is 0.345 e. The highest BCUT2D eigenvalue weighted by molar-refractivity contribution is 7.53. The van der Waals surface area contributed by atoms with Crippen LogP contribution in [0.3, 0.4) is 0 Å². The van der Waals surface area contributed by atoms with Crippen molar-refractivity contribution in [2.24, 2.45) is 92.7 Å². The van der Waals surface area contributed by atoms with Crippen molar-refractivity contribution in [2.45, 2.75) is 223 Å². The highest BCUT2D eigenvalue weighted by Crippen LogP contribution is 2.70. The number of nitrogens with zero attached hydrogens (tertiary/aromatic N) is 1. The summed E-state index contributed by atoms with van der Waals surface area (Å²) in [6.45, 7) is 25.0. The summed E-state index contributed by atoms with van der Waals surface area (Å²) >= 11 is 0. The molecule has 0 aromatic carbocycles. The Morgan fingerprint density at radius 1 is 0.646 bits per heavy atom. The van der Waals surface area contributed by atoms with Crippen molar-refractivity contribution < 1.29 is 23.5 Å². The number of aliphatic carboxylic acids is 1. The minimum atomic E-state index is -3.67. The summed E-state index contributed by atoms with van der Waals surface area (Å²) in [5.74, 6) is 8.70. The number of carboxylic acids is 1. The predicted octanol–water partition coefficient (Wildman–Crippen LogP) is 16.0. The Balaban J connectivity index is 0.921. The topological polar surface area (TPSA) is 76.1 Å². The third-order valence-electron chi connectivity index (χ3n) is 22.0. The molecule has 0 aromatic rings. The lowest BCUT2D eigenvalue weighted by Crippen LogP contribution is -2.51. The molecule has 8 aliphatic carbocycles. The molecule has 8 aliphatic rings. The number of hydrogen-bond acceptors (Lipinski definition) is 5. The highest BCUT2D eigenvalue weighted by Gasteiger charge is 2.61. The molecule has 0 bridgehead atoms. The molecule has 6 fully saturated rings. The molecule has 8 rings (SSSR count). The molecule has 1 N–H and O–H groups in total. The van der Waals surface area contributed by atoms with Crippen molar-refractivity contribution in [3.8, 4) is 0 Å². The molecule has 6 saturated carbocycles. The van der Waals surface area contributed by atoms with Crippen molar-refractivity contribution >= 4 is 13.6 Å². The molecule has 0 amide bonds. The van der Waals surface area contributed by atoms with E-state index < -0.39 is 13.6 Å². The molecule has 16 atom stereocenters. The van der Waals surface area contributed by atoms with Crippen molar-refractivity contribution in [1.82, 2.24) is 4.90 Å². The third kappa shape index (κ3) is 9.91. The summed E-state index contributed by atoms with van der Waals surface area (Å²) in [6, 6.07) is 0. The molecule has 0 radical (unpaired) electrons. The van der Waals surface area contributed by atoms with Crippen molar-refractivity contribution in [1.29, 1.82) is 0 Å². The number of carboxylic acid groups (broad SMARTS) is 1. The average Bonchev–Trinajstić information content (AvgIpc) is 3.77. The van der Waals surface area contributed by atoms with Gasteiger partial charge in [0.15, 0.2) is 0 Å². The molecule has 0 saturated heterocycles. The number of likely N-dealkylation sites (N-methyl/N-ethyl adjacent to an activating group) is 1. The largest absolute Gasteiger partial charge is 0.480 e. The molecule has 0 spiro atoms. The lowest BCUT2D eigenvalue weighted by Gasteiger charge is -2.59. The number of carbonyl (C=O) groups is 1. The third-order valence-corrected chi connectivity index (χ3v) is 24.0. The van der Waals surface area contributed by atoms with Crippen LogP contribution >= 0.6 is 7.60 Å². The van der Waals surface area contributed by atoms with Crippen LogP contribution in [0.15, 0.2) is 23.3 Å². The summed E-state index contributed by atoms with van der Waals surface area (Å²) in [4.78, 5) is 13.5. The molecular formula is C58H98NO5P. The molecule has 6 nitrogen and oxygen atoms in total. The SMILES string of the molecule is CC(C)CCCC(C)[C@H]1CC[C@H]2[C@@H]3CC=C4C[C@@H](OP(=O)(CN(C)CC(=O)O)O[C@H]5CC[C@@]6(C)C(=CC[C@H]7[C@@H]8CC[C@H](C(C)CCCC(C)C)[C@@]8(C)CC[C@@H]76)C5)CC[C@]4(C)[C@H]3CC[C@]12C. The second-order valence-corrected chi connectivity index (χ2v) is 28.6. The van der Waals surface area contributed by atoms with Crippen LogP contribution in [0.4, 0.5) is 0 Å². The maximum Gasteiger partial charge on any atom is 0.345 e. The van der Waals surface area contributed by atoms with Gasteiger partial charge in [0, 0.05) is 0 Å². The monoisotopic (exact) mass is 920 g/mol. The van der Waals surface area contributed by atoms with Crippen LogP contribution in [0.2, 0.25) is 0 Å². The van der Waals surface area contributed by atoms with Crippen LogP contribution in [0.5, 0.6) is 0 Å². The zero-order chi connectivity index (χ0) is 46.7. The van der Waals surface area contributed by atoms with E-state index in [1.807, 2.05) is 0 Å². The van der Waals surface area contributed by atoms with Gasteiger partial charge < -0.3 is 14.2 Å². The van der Waals surface area contributed by atoms with Gasteiger partial charge in [-0.2, -0.15) is 0 Å². The molecule has 370 valence electrons. The molecular weight excluding hydrogens is 822 g/mol. The average molecular weight is 920 g/mol. The van der Waals surface area contributed by atoms with Gasteiger partial charge in [-0.3, -0.25) is 14.3 Å². The quantitative estimate of drug-likeness (QED) is 0.109. The zero-order valence-corrected chi connectivity index (χ0v) is 44.6. The van der Waals surface area contributed by atoms with E-state index in [9.17, 15) is 9.90 Å². The maximum absolute atomic E-state index is 15.2. The van der Waals surface area contributed by atoms with Gasteiger partial charge in [0.2, 0.25) is 0 Å². The van der Waals surface area contributed by atoms with Gasteiger partial charge in [0.05, 0.1) is 18.8 Å². The van der Waals surface area contributed by atoms with E-state index in [1.165, 1.54) is 114 Å². The maximum atomic E-state index is 15.2. The van der Waals surface area contributed by atoms with Gasteiger partial charge in [-0.25, -0.2) is 0 Å². The Labute approximate surface area is 399 Å². The van der Waals surface area contributed by atoms with Crippen LogP contribution in [0.1, 0.15) is 210 Å². The molecule has 7 heteroatoms. The fourth-order valence-corrected chi connectivity index (χ4v) is 20.7. The first-order valence-corrected chi connectivity index (χ1v) is 29.7. The first kappa shape index (κ1) is 50.4. The second-order valence-electron chi connectivity index (χ2n) is 26.7. The van der Waals surface area contributed by atoms with Gasteiger partial charge in [-0.05, 0) is 202 Å². The first-order chi connectivity index (χ1) is 30.7. The van der Waals surface area contributed by atoms with E-state index in [0.29, 0.717) is 10.8 Å². The zero-order valence-electron chi connectivity index (χ0n) is 43.7. The van der Waals surface area contributed by atoms with Crippen LogP contribution in [-0.2, 0) is 18.4 Å². The summed E-state index contributed by atoms with van der Waals surface area (Å²) in [6.07, 6.45) is 32.1. The second kappa shape index (κ2) is 19.7. The molecule has 2 unspecified atom stereocenters. The van der Waals surface area contributed by atoms with E-state index in [-0.39, 0.29) is 35.9 Å². The minimum Gasteiger partial charge on any atom is -0.480 e. The lowest BCUT2D eigenvalue weighted by atomic mass is 9.47. The predicted molar refractivity (Wildman–Crippen MR) is 269 cm³/mol. The van der Waals surface area contributed by atoms with Crippen molar-refractivity contribution in [2.75, 3.05) is 19.9 Å². The molecule has 0 aliphatic heterocycles. The van der Waals surface area contributed by atoms with E-state index >= 15 is 4.57 Å². The number of rotatable bonds is 18. The summed E-state index contributed by atoms with van der Waals surface area (Å²) < 4.78 is 28.9. The number of hydrogen-bond donors (Lipinski definition) is 1. The van der Waals surface area contributed by atoms with Gasteiger partial charge in [-0.1, -0.05) is 131 Å². The summed E-state index contributed by atoms with van der Waals surface area (Å²) in [7, 11) is -1.91.